The molecule has 0 saturated carbocycles. The van der Waals surface area contributed by atoms with Crippen LogP contribution in [0.4, 0.5) is 5.69 Å². The second-order valence-corrected chi connectivity index (χ2v) is 6.58. The van der Waals surface area contributed by atoms with Crippen LogP contribution in [-0.2, 0) is 0 Å². The van der Waals surface area contributed by atoms with Crippen LogP contribution in [0.5, 0.6) is 0 Å². The number of anilines is 1. The second kappa shape index (κ2) is 8.48. The van der Waals surface area contributed by atoms with Gasteiger partial charge >= 0.3 is 0 Å². The van der Waals surface area contributed by atoms with Crippen LogP contribution in [0, 0.1) is 0 Å². The molecule has 142 valence electrons. The zero-order valence-electron chi connectivity index (χ0n) is 16.2. The quantitative estimate of drug-likeness (QED) is 0.461. The van der Waals surface area contributed by atoms with Crippen molar-refractivity contribution in [3.05, 3.63) is 103 Å². The van der Waals surface area contributed by atoms with E-state index < -0.39 is 0 Å². The molecule has 0 unspecified atom stereocenters. The molecule has 0 N–H and O–H groups in total. The van der Waals surface area contributed by atoms with Crippen molar-refractivity contribution in [2.45, 2.75) is 6.92 Å². The van der Waals surface area contributed by atoms with E-state index in [1.54, 1.807) is 4.90 Å². The van der Waals surface area contributed by atoms with E-state index >= 15 is 0 Å². The van der Waals surface area contributed by atoms with Crippen molar-refractivity contribution < 1.29 is 4.79 Å². The molecule has 1 heterocycles. The molecule has 0 bridgehead atoms. The number of rotatable bonds is 5. The number of carbonyl (C=O) groups excluding carboxylic acids is 1. The molecule has 0 saturated heterocycles. The standard InChI is InChI=1S/C25H21N3O/c1-2-28(21-16-10-5-11-17-21)25(29)24-26-22(19-12-6-3-7-13-19)18-23(27-24)20-14-8-4-9-15-20/h3-18H,2H2,1H3. The van der Waals surface area contributed by atoms with E-state index in [0.29, 0.717) is 6.54 Å². The predicted octanol–water partition coefficient (Wildman–Crippen LogP) is 5.48. The molecule has 0 atom stereocenters. The summed E-state index contributed by atoms with van der Waals surface area (Å²) in [6.07, 6.45) is 0. The molecule has 4 nitrogen and oxygen atoms in total. The van der Waals surface area contributed by atoms with Crippen molar-refractivity contribution in [2.75, 3.05) is 11.4 Å². The Balaban J connectivity index is 1.83. The molecule has 0 aliphatic heterocycles. The molecular weight excluding hydrogens is 358 g/mol. The Morgan fingerprint density at radius 2 is 1.17 bits per heavy atom. The van der Waals surface area contributed by atoms with Gasteiger partial charge in [-0.25, -0.2) is 9.97 Å². The molecular formula is C25H21N3O. The van der Waals surface area contributed by atoms with E-state index in [0.717, 1.165) is 28.2 Å². The number of benzene rings is 3. The Labute approximate surface area is 170 Å². The fourth-order valence-electron chi connectivity index (χ4n) is 3.23. The van der Waals surface area contributed by atoms with Gasteiger partial charge in [0.1, 0.15) is 0 Å². The van der Waals surface area contributed by atoms with Gasteiger partial charge in [-0.2, -0.15) is 0 Å². The van der Waals surface area contributed by atoms with E-state index in [4.69, 9.17) is 0 Å². The van der Waals surface area contributed by atoms with Crippen LogP contribution in [0.3, 0.4) is 0 Å². The summed E-state index contributed by atoms with van der Waals surface area (Å²) in [5.41, 5.74) is 4.18. The van der Waals surface area contributed by atoms with Gasteiger partial charge in [0.2, 0.25) is 5.82 Å². The van der Waals surface area contributed by atoms with E-state index in [9.17, 15) is 4.79 Å². The van der Waals surface area contributed by atoms with Gasteiger partial charge in [0.25, 0.3) is 5.91 Å². The highest BCUT2D eigenvalue weighted by molar-refractivity contribution is 6.04. The van der Waals surface area contributed by atoms with Crippen molar-refractivity contribution in [2.24, 2.45) is 0 Å². The lowest BCUT2D eigenvalue weighted by molar-refractivity contribution is 0.0978. The normalized spacial score (nSPS) is 10.5. The third-order valence-corrected chi connectivity index (χ3v) is 4.69. The van der Waals surface area contributed by atoms with E-state index in [2.05, 4.69) is 9.97 Å². The first-order valence-corrected chi connectivity index (χ1v) is 9.63. The first-order valence-electron chi connectivity index (χ1n) is 9.63. The molecule has 4 aromatic rings. The van der Waals surface area contributed by atoms with Crippen molar-refractivity contribution in [1.29, 1.82) is 0 Å². The summed E-state index contributed by atoms with van der Waals surface area (Å²) in [5.74, 6) is -0.0235. The van der Waals surface area contributed by atoms with E-state index in [1.165, 1.54) is 0 Å². The molecule has 4 rings (SSSR count). The lowest BCUT2D eigenvalue weighted by Crippen LogP contribution is -2.32. The summed E-state index contributed by atoms with van der Waals surface area (Å²) in [7, 11) is 0. The maximum Gasteiger partial charge on any atom is 0.296 e. The van der Waals surface area contributed by atoms with Gasteiger partial charge < -0.3 is 4.90 Å². The average molecular weight is 379 g/mol. The van der Waals surface area contributed by atoms with Gasteiger partial charge in [-0.3, -0.25) is 4.79 Å². The van der Waals surface area contributed by atoms with Crippen LogP contribution in [0.15, 0.2) is 97.1 Å². The molecule has 0 aliphatic carbocycles. The third kappa shape index (κ3) is 4.06. The fourth-order valence-corrected chi connectivity index (χ4v) is 3.23. The largest absolute Gasteiger partial charge is 0.306 e. The fraction of sp³-hybridized carbons (Fsp3) is 0.0800. The van der Waals surface area contributed by atoms with Gasteiger partial charge in [0.15, 0.2) is 0 Å². The highest BCUT2D eigenvalue weighted by atomic mass is 16.2. The highest BCUT2D eigenvalue weighted by Crippen LogP contribution is 2.25. The Hall–Kier alpha value is -3.79. The first-order chi connectivity index (χ1) is 14.3. The molecule has 0 fully saturated rings. The summed E-state index contributed by atoms with van der Waals surface area (Å²) in [6, 6.07) is 31.2. The number of para-hydroxylation sites is 1. The molecule has 29 heavy (non-hydrogen) atoms. The van der Waals surface area contributed by atoms with Gasteiger partial charge in [-0.15, -0.1) is 0 Å². The number of hydrogen-bond acceptors (Lipinski definition) is 3. The number of aromatic nitrogens is 2. The van der Waals surface area contributed by atoms with Gasteiger partial charge in [0.05, 0.1) is 11.4 Å². The van der Waals surface area contributed by atoms with Gasteiger partial charge in [-0.1, -0.05) is 78.9 Å². The molecule has 0 spiro atoms. The van der Waals surface area contributed by atoms with Crippen molar-refractivity contribution in [3.63, 3.8) is 0 Å². The lowest BCUT2D eigenvalue weighted by Gasteiger charge is -2.20. The zero-order chi connectivity index (χ0) is 20.1. The van der Waals surface area contributed by atoms with Crippen molar-refractivity contribution in [1.82, 2.24) is 9.97 Å². The summed E-state index contributed by atoms with van der Waals surface area (Å²) in [4.78, 5) is 24.3. The molecule has 0 radical (unpaired) electrons. The maximum atomic E-state index is 13.3. The molecule has 3 aromatic carbocycles. The van der Waals surface area contributed by atoms with Crippen LogP contribution < -0.4 is 4.90 Å². The van der Waals surface area contributed by atoms with Crippen LogP contribution in [-0.4, -0.2) is 22.4 Å². The highest BCUT2D eigenvalue weighted by Gasteiger charge is 2.21. The molecule has 1 aromatic heterocycles. The van der Waals surface area contributed by atoms with Crippen molar-refractivity contribution >= 4 is 11.6 Å². The van der Waals surface area contributed by atoms with E-state index in [-0.39, 0.29) is 11.7 Å². The Kier molecular flexibility index (Phi) is 5.43. The Bertz CT molecular complexity index is 1040. The zero-order valence-corrected chi connectivity index (χ0v) is 16.2. The monoisotopic (exact) mass is 379 g/mol. The molecule has 1 amide bonds. The second-order valence-electron chi connectivity index (χ2n) is 6.58. The minimum atomic E-state index is -0.214. The van der Waals surface area contributed by atoms with Crippen LogP contribution in [0.1, 0.15) is 17.5 Å². The number of hydrogen-bond donors (Lipinski definition) is 0. The summed E-state index contributed by atoms with van der Waals surface area (Å²) < 4.78 is 0. The topological polar surface area (TPSA) is 46.1 Å². The minimum Gasteiger partial charge on any atom is -0.306 e. The van der Waals surface area contributed by atoms with Crippen LogP contribution in [0.2, 0.25) is 0 Å². The maximum absolute atomic E-state index is 13.3. The third-order valence-electron chi connectivity index (χ3n) is 4.69. The Morgan fingerprint density at radius 1 is 0.724 bits per heavy atom. The Morgan fingerprint density at radius 3 is 1.62 bits per heavy atom. The molecule has 4 heteroatoms. The predicted molar refractivity (Wildman–Crippen MR) is 117 cm³/mol. The SMILES string of the molecule is CCN(C(=O)c1nc(-c2ccccc2)cc(-c2ccccc2)n1)c1ccccc1. The van der Waals surface area contributed by atoms with Gasteiger partial charge in [0, 0.05) is 23.4 Å². The van der Waals surface area contributed by atoms with Crippen LogP contribution >= 0.6 is 0 Å². The minimum absolute atomic E-state index is 0.191. The van der Waals surface area contributed by atoms with Crippen LogP contribution in [0.25, 0.3) is 22.5 Å². The average Bonchev–Trinajstić information content (AvgIpc) is 2.81. The smallest absolute Gasteiger partial charge is 0.296 e. The number of amides is 1. The van der Waals surface area contributed by atoms with Gasteiger partial charge in [-0.05, 0) is 25.1 Å². The van der Waals surface area contributed by atoms with E-state index in [1.807, 2.05) is 104 Å². The molecule has 0 aliphatic rings. The first kappa shape index (κ1) is 18.6. The number of carbonyl (C=O) groups is 1. The lowest BCUT2D eigenvalue weighted by atomic mass is 10.1. The van der Waals surface area contributed by atoms with Crippen molar-refractivity contribution in [3.8, 4) is 22.5 Å². The summed E-state index contributed by atoms with van der Waals surface area (Å²) >= 11 is 0. The summed E-state index contributed by atoms with van der Waals surface area (Å²) in [6.45, 7) is 2.48. The summed E-state index contributed by atoms with van der Waals surface area (Å²) in [5, 5.41) is 0. The number of nitrogens with zero attached hydrogens (tertiary/aromatic N) is 3.